The molecule has 0 saturated carbocycles. The molecule has 1 aliphatic rings. The zero-order valence-corrected chi connectivity index (χ0v) is 26.3. The summed E-state index contributed by atoms with van der Waals surface area (Å²) in [6, 6.07) is 6.23. The van der Waals surface area contributed by atoms with Gasteiger partial charge in [0.1, 0.15) is 0 Å². The van der Waals surface area contributed by atoms with Crippen LogP contribution < -0.4 is 0 Å². The lowest BCUT2D eigenvalue weighted by molar-refractivity contribution is 1.09. The highest BCUT2D eigenvalue weighted by Gasteiger charge is 2.15. The lowest BCUT2D eigenvalue weighted by Gasteiger charge is -2.10. The molecule has 220 valence electrons. The normalized spacial score (nSPS) is 13.9. The Morgan fingerprint density at radius 1 is 0.932 bits per heavy atom. The molecule has 0 atom stereocenters. The highest BCUT2D eigenvalue weighted by Crippen LogP contribution is 2.31. The summed E-state index contributed by atoms with van der Waals surface area (Å²) in [7, 11) is 0. The van der Waals surface area contributed by atoms with Gasteiger partial charge in [-0.05, 0) is 86.6 Å². The molecule has 4 heterocycles. The van der Waals surface area contributed by atoms with Gasteiger partial charge in [0.2, 0.25) is 0 Å². The Kier molecular flexibility index (Phi) is 10.8. The zero-order valence-electron chi connectivity index (χ0n) is 26.3. The minimum atomic E-state index is 0.966. The first-order chi connectivity index (χ1) is 21.6. The van der Waals surface area contributed by atoms with Gasteiger partial charge in [0, 0.05) is 58.2 Å². The number of nitrogens with zero attached hydrogens (tertiary/aromatic N) is 4. The van der Waals surface area contributed by atoms with E-state index in [1.54, 1.807) is 6.08 Å². The number of pyridine rings is 2. The first-order valence-corrected chi connectivity index (χ1v) is 14.9. The smallest absolute Gasteiger partial charge is 0.0888 e. The molecule has 0 amide bonds. The number of allylic oxidation sites excluding steroid dienone is 15. The van der Waals surface area contributed by atoms with E-state index in [-0.39, 0.29) is 0 Å². The first kappa shape index (κ1) is 31.5. The molecule has 0 saturated heterocycles. The van der Waals surface area contributed by atoms with Crippen LogP contribution in [0.15, 0.2) is 146 Å². The van der Waals surface area contributed by atoms with E-state index >= 15 is 0 Å². The van der Waals surface area contributed by atoms with Gasteiger partial charge in [-0.2, -0.15) is 0 Å². The summed E-state index contributed by atoms with van der Waals surface area (Å²) < 4.78 is 4.44. The van der Waals surface area contributed by atoms with Crippen LogP contribution in [0.1, 0.15) is 44.6 Å². The van der Waals surface area contributed by atoms with Crippen molar-refractivity contribution in [3.63, 3.8) is 0 Å². The van der Waals surface area contributed by atoms with Crippen molar-refractivity contribution in [2.45, 2.75) is 34.6 Å². The van der Waals surface area contributed by atoms with E-state index in [0.29, 0.717) is 0 Å². The maximum Gasteiger partial charge on any atom is 0.0888 e. The molecular formula is C40H40N4. The molecule has 0 aromatic carbocycles. The minimum absolute atomic E-state index is 0.966. The van der Waals surface area contributed by atoms with Crippen LogP contribution in [0.3, 0.4) is 0 Å². The molecule has 4 heteroatoms. The van der Waals surface area contributed by atoms with Crippen LogP contribution in [0.4, 0.5) is 0 Å². The Balaban J connectivity index is 0.00000216. The topological polar surface area (TPSA) is 35.6 Å². The number of rotatable bonds is 9. The summed E-state index contributed by atoms with van der Waals surface area (Å²) >= 11 is 0. The van der Waals surface area contributed by atoms with Crippen molar-refractivity contribution >= 4 is 45.4 Å². The van der Waals surface area contributed by atoms with E-state index in [4.69, 9.17) is 0 Å². The average molecular weight is 577 g/mol. The van der Waals surface area contributed by atoms with Crippen molar-refractivity contribution in [3.8, 4) is 0 Å². The highest BCUT2D eigenvalue weighted by molar-refractivity contribution is 5.94. The van der Waals surface area contributed by atoms with Crippen molar-refractivity contribution in [2.75, 3.05) is 0 Å². The zero-order chi connectivity index (χ0) is 31.5. The lowest BCUT2D eigenvalue weighted by atomic mass is 10.1. The van der Waals surface area contributed by atoms with Crippen molar-refractivity contribution in [3.05, 3.63) is 163 Å². The Labute approximate surface area is 261 Å². The second-order valence-corrected chi connectivity index (χ2v) is 9.84. The molecule has 5 rings (SSSR count). The van der Waals surface area contributed by atoms with E-state index < -0.39 is 0 Å². The van der Waals surface area contributed by atoms with Crippen LogP contribution in [0.2, 0.25) is 0 Å². The van der Waals surface area contributed by atoms with E-state index in [1.807, 2.05) is 94.1 Å². The van der Waals surface area contributed by atoms with Crippen LogP contribution in [0, 0.1) is 6.92 Å². The minimum Gasteiger partial charge on any atom is -0.310 e. The van der Waals surface area contributed by atoms with E-state index in [1.165, 1.54) is 0 Å². The fourth-order valence-electron chi connectivity index (χ4n) is 5.16. The average Bonchev–Trinajstić information content (AvgIpc) is 3.43. The second kappa shape index (κ2) is 15.2. The van der Waals surface area contributed by atoms with E-state index in [0.717, 1.165) is 61.3 Å². The van der Waals surface area contributed by atoms with Crippen LogP contribution >= 0.6 is 0 Å². The molecule has 0 radical (unpaired) electrons. The summed E-state index contributed by atoms with van der Waals surface area (Å²) in [6.45, 7) is 18.2. The summed E-state index contributed by atoms with van der Waals surface area (Å²) in [6.07, 6.45) is 36.0. The van der Waals surface area contributed by atoms with Gasteiger partial charge < -0.3 is 9.13 Å². The van der Waals surface area contributed by atoms with E-state index in [2.05, 4.69) is 100 Å². The van der Waals surface area contributed by atoms with Gasteiger partial charge >= 0.3 is 0 Å². The SMILES string of the molecule is C=C/C=C\c1c(C)n(C2=C=CC=C(/C(C)=C/C=C(\C=C)n3c(/C=C\C=C/C)cc4cnccc43)C=C2)c2ccncc12.CC. The largest absolute Gasteiger partial charge is 0.310 e. The molecule has 44 heavy (non-hydrogen) atoms. The van der Waals surface area contributed by atoms with Crippen LogP contribution in [0.25, 0.3) is 45.4 Å². The predicted molar refractivity (Wildman–Crippen MR) is 192 cm³/mol. The quantitative estimate of drug-likeness (QED) is 0.147. The summed E-state index contributed by atoms with van der Waals surface area (Å²) in [5, 5.41) is 2.18. The number of hydrogen-bond donors (Lipinski definition) is 0. The maximum absolute atomic E-state index is 4.37. The monoisotopic (exact) mass is 576 g/mol. The Hall–Kier alpha value is -5.44. The van der Waals surface area contributed by atoms with Crippen LogP contribution in [-0.2, 0) is 0 Å². The molecule has 1 aliphatic carbocycles. The summed E-state index contributed by atoms with van der Waals surface area (Å²) in [5.74, 6) is 0. The van der Waals surface area contributed by atoms with Gasteiger partial charge in [-0.25, -0.2) is 0 Å². The predicted octanol–water partition coefficient (Wildman–Crippen LogP) is 10.7. The third-order valence-electron chi connectivity index (χ3n) is 7.24. The molecule has 0 spiro atoms. The number of aromatic nitrogens is 4. The number of fused-ring (bicyclic) bond motifs is 2. The Morgan fingerprint density at radius 3 is 2.45 bits per heavy atom. The van der Waals surface area contributed by atoms with Gasteiger partial charge in [-0.3, -0.25) is 9.97 Å². The van der Waals surface area contributed by atoms with Crippen LogP contribution in [-0.4, -0.2) is 19.1 Å². The Morgan fingerprint density at radius 2 is 1.70 bits per heavy atom. The van der Waals surface area contributed by atoms with Crippen LogP contribution in [0.5, 0.6) is 0 Å². The molecule has 4 aromatic rings. The number of hydrogen-bond acceptors (Lipinski definition) is 2. The van der Waals surface area contributed by atoms with Gasteiger partial charge in [0.25, 0.3) is 0 Å². The first-order valence-electron chi connectivity index (χ1n) is 14.9. The molecule has 0 N–H and O–H groups in total. The third kappa shape index (κ3) is 6.62. The van der Waals surface area contributed by atoms with Gasteiger partial charge in [-0.1, -0.05) is 81.3 Å². The van der Waals surface area contributed by atoms with Crippen molar-refractivity contribution in [1.29, 1.82) is 0 Å². The standard InChI is InChI=1S/C38H34N4.C2H6/c1-6-9-11-14-34-25-31-26-39-23-21-37(31)42(34)32(8-3)19-17-28(4)30-13-12-15-33(20-18-30)41-29(5)35(16-10-7-2)36-27-40-24-22-38(36)41;1-2/h6-14,16-27H,2-3H2,1,4-5H3;1-2H3/b9-6-,14-11-,16-10-,28-17+,32-19+;. The van der Waals surface area contributed by atoms with Crippen molar-refractivity contribution < 1.29 is 0 Å². The molecule has 4 nitrogen and oxygen atoms in total. The summed E-state index contributed by atoms with van der Waals surface area (Å²) in [5.41, 5.74) is 13.1. The highest BCUT2D eigenvalue weighted by atomic mass is 15.0. The van der Waals surface area contributed by atoms with Gasteiger partial charge in [0.15, 0.2) is 0 Å². The lowest BCUT2D eigenvalue weighted by Crippen LogP contribution is -1.97. The molecule has 0 bridgehead atoms. The van der Waals surface area contributed by atoms with Crippen molar-refractivity contribution in [2.24, 2.45) is 0 Å². The van der Waals surface area contributed by atoms with Gasteiger partial charge in [0.05, 0.1) is 16.7 Å². The Bertz CT molecular complexity index is 1970. The third-order valence-corrected chi connectivity index (χ3v) is 7.24. The molecule has 0 fully saturated rings. The molecular weight excluding hydrogens is 536 g/mol. The molecule has 4 aromatic heterocycles. The summed E-state index contributed by atoms with van der Waals surface area (Å²) in [4.78, 5) is 8.68. The molecule has 0 aliphatic heterocycles. The second-order valence-electron chi connectivity index (χ2n) is 9.84. The maximum atomic E-state index is 4.37. The van der Waals surface area contributed by atoms with E-state index in [9.17, 15) is 0 Å². The van der Waals surface area contributed by atoms with Crippen molar-refractivity contribution in [1.82, 2.24) is 19.1 Å². The van der Waals surface area contributed by atoms with Gasteiger partial charge in [-0.15, -0.1) is 0 Å². The fraction of sp³-hybridized carbons (Fsp3) is 0.125. The molecule has 0 unspecified atom stereocenters. The fourth-order valence-corrected chi connectivity index (χ4v) is 5.16.